The van der Waals surface area contributed by atoms with Crippen LogP contribution < -0.4 is 5.32 Å². The van der Waals surface area contributed by atoms with E-state index in [-0.39, 0.29) is 0 Å². The van der Waals surface area contributed by atoms with Crippen molar-refractivity contribution >= 4 is 28.5 Å². The molecule has 5 heterocycles. The molecular weight excluding hydrogens is 623 g/mol. The molecule has 0 amide bonds. The zero-order valence-corrected chi connectivity index (χ0v) is 28.6. The van der Waals surface area contributed by atoms with Gasteiger partial charge in [0, 0.05) is 41.8 Å². The number of aryl methyl sites for hydroxylation is 2. The lowest BCUT2D eigenvalue weighted by atomic mass is 9.58. The Balaban J connectivity index is 1.01. The number of benzene rings is 2. The molecule has 3 aliphatic rings. The van der Waals surface area contributed by atoms with Crippen molar-refractivity contribution in [1.82, 2.24) is 34.2 Å². The van der Waals surface area contributed by atoms with Gasteiger partial charge in [0.15, 0.2) is 0 Å². The minimum Gasteiger partial charge on any atom is -0.331 e. The molecule has 1 aliphatic carbocycles. The van der Waals surface area contributed by atoms with Gasteiger partial charge in [0.1, 0.15) is 12.2 Å². The predicted octanol–water partition coefficient (Wildman–Crippen LogP) is 8.14. The molecule has 1 unspecified atom stereocenters. The van der Waals surface area contributed by atoms with Crippen LogP contribution in [0.15, 0.2) is 67.5 Å². The first-order valence-corrected chi connectivity index (χ1v) is 17.8. The Kier molecular flexibility index (Phi) is 8.15. The summed E-state index contributed by atoms with van der Waals surface area (Å²) in [7, 11) is 0. The zero-order valence-electron chi connectivity index (χ0n) is 27.9. The van der Waals surface area contributed by atoms with Crippen molar-refractivity contribution in [3.63, 3.8) is 0 Å². The highest BCUT2D eigenvalue weighted by atomic mass is 35.5. The summed E-state index contributed by atoms with van der Waals surface area (Å²) in [6.45, 7) is 12.9. The summed E-state index contributed by atoms with van der Waals surface area (Å²) in [4.78, 5) is 14.8. The number of anilines is 1. The Hall–Kier alpha value is -3.95. The number of hydrogen-bond donors (Lipinski definition) is 2. The first kappa shape index (κ1) is 31.3. The van der Waals surface area contributed by atoms with Crippen LogP contribution in [-0.2, 0) is 19.4 Å². The second-order valence-electron chi connectivity index (χ2n) is 14.6. The lowest BCUT2D eigenvalue weighted by Gasteiger charge is -2.51. The van der Waals surface area contributed by atoms with Gasteiger partial charge in [-0.2, -0.15) is 5.10 Å². The number of nitrogens with zero attached hydrogens (tertiary/aromatic N) is 6. The number of nitrogens with one attached hydrogen (secondary N) is 2. The Morgan fingerprint density at radius 2 is 1.98 bits per heavy atom. The number of rotatable bonds is 10. The number of aromatic amines is 1. The van der Waals surface area contributed by atoms with Crippen molar-refractivity contribution < 1.29 is 4.39 Å². The number of H-pyrrole nitrogens is 1. The van der Waals surface area contributed by atoms with Gasteiger partial charge >= 0.3 is 0 Å². The molecule has 2 fully saturated rings. The van der Waals surface area contributed by atoms with Gasteiger partial charge in [0.05, 0.1) is 29.1 Å². The third kappa shape index (κ3) is 5.85. The van der Waals surface area contributed by atoms with E-state index >= 15 is 0 Å². The van der Waals surface area contributed by atoms with E-state index in [9.17, 15) is 4.39 Å². The number of allylic oxidation sites excluding steroid dienone is 1. The van der Waals surface area contributed by atoms with Crippen molar-refractivity contribution in [3.8, 4) is 11.1 Å². The van der Waals surface area contributed by atoms with E-state index in [4.69, 9.17) is 21.7 Å². The molecule has 1 spiro atoms. The second-order valence-corrected chi connectivity index (χ2v) is 15.0. The number of fused-ring (bicyclic) bond motifs is 2. The van der Waals surface area contributed by atoms with Crippen LogP contribution in [0.4, 0.5) is 10.3 Å². The SMILES string of the molecule is C=C(Nc1ncc[nH]1)C(c1ncn2c1C[C@@H](F)C2)n1cc2c(Cl)cc(-c3ccc(CCCN4CCC5(CC4)CC(C)C5)cc3)c(C)c2n1. The number of halogens is 2. The van der Waals surface area contributed by atoms with Crippen molar-refractivity contribution in [2.45, 2.75) is 77.6 Å². The molecule has 5 aromatic rings. The van der Waals surface area contributed by atoms with Gasteiger partial charge in [0.2, 0.25) is 5.95 Å². The van der Waals surface area contributed by atoms with Crippen molar-refractivity contribution in [1.29, 1.82) is 0 Å². The lowest BCUT2D eigenvalue weighted by Crippen LogP contribution is -2.46. The first-order valence-electron chi connectivity index (χ1n) is 17.4. The number of likely N-dealkylation sites (tertiary alicyclic amines) is 1. The Morgan fingerprint density at radius 3 is 2.71 bits per heavy atom. The molecular formula is C38H44ClFN8. The molecule has 2 aliphatic heterocycles. The van der Waals surface area contributed by atoms with Crippen LogP contribution >= 0.6 is 11.6 Å². The second kappa shape index (κ2) is 12.5. The van der Waals surface area contributed by atoms with Crippen LogP contribution in [0.3, 0.4) is 0 Å². The topological polar surface area (TPSA) is 79.6 Å². The number of aromatic nitrogens is 6. The highest BCUT2D eigenvalue weighted by molar-refractivity contribution is 6.36. The summed E-state index contributed by atoms with van der Waals surface area (Å²) < 4.78 is 18.2. The maximum Gasteiger partial charge on any atom is 0.204 e. The highest BCUT2D eigenvalue weighted by Gasteiger charge is 2.43. The van der Waals surface area contributed by atoms with Crippen LogP contribution in [-0.4, -0.2) is 60.0 Å². The van der Waals surface area contributed by atoms with Gasteiger partial charge in [0.25, 0.3) is 0 Å². The standard InChI is InChI=1S/C38H44ClFN8/c1-24-19-38(20-24)10-15-46(16-11-38)14-4-5-27-6-8-28(9-7-27)30-18-32(39)31-22-48(45-34(31)25(30)2)36(26(3)44-37-41-12-13-42-37)35-33-17-29(40)21-47(33)23-43-35/h6-9,12-13,18,22-24,29,36H,3-5,10-11,14-17,19-21H2,1-2H3,(H2,41,42,44)/t29-,36?/m1/s1. The van der Waals surface area contributed by atoms with Crippen LogP contribution in [0.2, 0.25) is 5.02 Å². The molecule has 0 radical (unpaired) electrons. The van der Waals surface area contributed by atoms with Crippen molar-refractivity contribution in [2.24, 2.45) is 11.3 Å². The van der Waals surface area contributed by atoms with Gasteiger partial charge in [-0.25, -0.2) is 14.4 Å². The fourth-order valence-corrected chi connectivity index (χ4v) is 8.92. The fraction of sp³-hybridized carbons (Fsp3) is 0.447. The van der Waals surface area contributed by atoms with Crippen LogP contribution in [0.1, 0.15) is 67.6 Å². The van der Waals surface area contributed by atoms with Gasteiger partial charge < -0.3 is 19.8 Å². The smallest absolute Gasteiger partial charge is 0.204 e. The van der Waals surface area contributed by atoms with Gasteiger partial charge in [-0.1, -0.05) is 49.4 Å². The molecule has 2 N–H and O–H groups in total. The summed E-state index contributed by atoms with van der Waals surface area (Å²) in [6, 6.07) is 10.5. The molecule has 8 nitrogen and oxygen atoms in total. The molecule has 2 aromatic carbocycles. The maximum atomic E-state index is 14.4. The minimum absolute atomic E-state index is 0.304. The highest BCUT2D eigenvalue weighted by Crippen LogP contribution is 2.52. The minimum atomic E-state index is -0.936. The molecule has 2 atom stereocenters. The summed E-state index contributed by atoms with van der Waals surface area (Å²) in [5.74, 6) is 1.50. The van der Waals surface area contributed by atoms with Gasteiger partial charge in [-0.15, -0.1) is 0 Å². The molecule has 3 aromatic heterocycles. The molecule has 250 valence electrons. The van der Waals surface area contributed by atoms with Crippen LogP contribution in [0.5, 0.6) is 0 Å². The molecule has 1 saturated heterocycles. The van der Waals surface area contributed by atoms with E-state index in [1.54, 1.807) is 18.7 Å². The Bertz CT molecular complexity index is 1930. The molecule has 8 rings (SSSR count). The van der Waals surface area contributed by atoms with E-state index in [0.717, 1.165) is 45.6 Å². The van der Waals surface area contributed by atoms with Gasteiger partial charge in [-0.3, -0.25) is 4.68 Å². The van der Waals surface area contributed by atoms with E-state index in [1.165, 1.54) is 57.3 Å². The van der Waals surface area contributed by atoms with Crippen LogP contribution in [0, 0.1) is 18.3 Å². The van der Waals surface area contributed by atoms with Crippen LogP contribution in [0.25, 0.3) is 22.0 Å². The molecule has 0 bridgehead atoms. The fourth-order valence-electron chi connectivity index (χ4n) is 8.67. The lowest BCUT2D eigenvalue weighted by molar-refractivity contribution is -0.00591. The molecule has 10 heteroatoms. The monoisotopic (exact) mass is 666 g/mol. The number of alkyl halides is 1. The predicted molar refractivity (Wildman–Crippen MR) is 190 cm³/mol. The number of imidazole rings is 2. The summed E-state index contributed by atoms with van der Waals surface area (Å²) in [5, 5.41) is 9.83. The van der Waals surface area contributed by atoms with E-state index in [1.807, 2.05) is 21.5 Å². The molecule has 48 heavy (non-hydrogen) atoms. The average molecular weight is 667 g/mol. The first-order chi connectivity index (χ1) is 23.2. The summed E-state index contributed by atoms with van der Waals surface area (Å²) in [6.07, 6.45) is 14.4. The summed E-state index contributed by atoms with van der Waals surface area (Å²) in [5.41, 5.74) is 8.27. The Labute approximate surface area is 286 Å². The van der Waals surface area contributed by atoms with Crippen molar-refractivity contribution in [3.05, 3.63) is 95.1 Å². The zero-order chi connectivity index (χ0) is 33.0. The van der Waals surface area contributed by atoms with E-state index in [0.29, 0.717) is 40.7 Å². The average Bonchev–Trinajstić information content (AvgIpc) is 3.87. The number of hydrogen-bond acceptors (Lipinski definition) is 5. The Morgan fingerprint density at radius 1 is 1.19 bits per heavy atom. The van der Waals surface area contributed by atoms with E-state index < -0.39 is 12.2 Å². The quantitative estimate of drug-likeness (QED) is 0.157. The van der Waals surface area contributed by atoms with E-state index in [2.05, 4.69) is 64.9 Å². The maximum absolute atomic E-state index is 14.4. The third-order valence-corrected chi connectivity index (χ3v) is 11.4. The van der Waals surface area contributed by atoms with Crippen molar-refractivity contribution in [2.75, 3.05) is 25.0 Å². The number of piperidine rings is 1. The third-order valence-electron chi connectivity index (χ3n) is 11.1. The largest absolute Gasteiger partial charge is 0.331 e. The summed E-state index contributed by atoms with van der Waals surface area (Å²) >= 11 is 6.97. The molecule has 1 saturated carbocycles. The van der Waals surface area contributed by atoms with Gasteiger partial charge in [-0.05, 0) is 105 Å². The normalized spacial score (nSPS) is 19.9.